The average Bonchev–Trinajstić information content (AvgIpc) is 2.41. The van der Waals surface area contributed by atoms with Gasteiger partial charge in [-0.05, 0) is 34.6 Å². The Hall–Kier alpha value is -0.450. The van der Waals surface area contributed by atoms with Crippen LogP contribution in [0.5, 0.6) is 0 Å². The van der Waals surface area contributed by atoms with Gasteiger partial charge in [-0.1, -0.05) is 0 Å². The standard InChI is InChI=1S/C11H20N2OS/c1-7-10(15-9(3)13-7)6-12-11(4,5)8(2)14/h8,12,14H,6H2,1-5H3. The van der Waals surface area contributed by atoms with Crippen molar-refractivity contribution in [2.75, 3.05) is 0 Å². The predicted octanol–water partition coefficient (Wildman–Crippen LogP) is 2.01. The molecule has 0 fully saturated rings. The van der Waals surface area contributed by atoms with Gasteiger partial charge < -0.3 is 10.4 Å². The van der Waals surface area contributed by atoms with E-state index in [1.165, 1.54) is 4.88 Å². The van der Waals surface area contributed by atoms with Gasteiger partial charge in [0.05, 0.1) is 16.8 Å². The van der Waals surface area contributed by atoms with Crippen molar-refractivity contribution in [1.29, 1.82) is 0 Å². The van der Waals surface area contributed by atoms with E-state index in [0.29, 0.717) is 0 Å². The number of aliphatic hydroxyl groups is 1. The van der Waals surface area contributed by atoms with Crippen LogP contribution in [0.2, 0.25) is 0 Å². The number of nitrogens with zero attached hydrogens (tertiary/aromatic N) is 1. The number of hydrogen-bond donors (Lipinski definition) is 2. The SMILES string of the molecule is Cc1nc(C)c(CNC(C)(C)C(C)O)s1. The van der Waals surface area contributed by atoms with Gasteiger partial charge in [-0.25, -0.2) is 4.98 Å². The van der Waals surface area contributed by atoms with E-state index in [1.54, 1.807) is 18.3 Å². The van der Waals surface area contributed by atoms with Crippen LogP contribution in [0.3, 0.4) is 0 Å². The summed E-state index contributed by atoms with van der Waals surface area (Å²) in [5.41, 5.74) is 0.830. The fourth-order valence-electron chi connectivity index (χ4n) is 1.19. The Bertz CT molecular complexity index is 331. The number of rotatable bonds is 4. The first kappa shape index (κ1) is 12.6. The van der Waals surface area contributed by atoms with Gasteiger partial charge in [0.25, 0.3) is 0 Å². The smallest absolute Gasteiger partial charge is 0.0900 e. The minimum Gasteiger partial charge on any atom is -0.392 e. The summed E-state index contributed by atoms with van der Waals surface area (Å²) in [6.45, 7) is 10.6. The fraction of sp³-hybridized carbons (Fsp3) is 0.727. The number of aryl methyl sites for hydroxylation is 2. The molecule has 0 saturated heterocycles. The third kappa shape index (κ3) is 3.26. The van der Waals surface area contributed by atoms with Crippen LogP contribution in [0.25, 0.3) is 0 Å². The van der Waals surface area contributed by atoms with Crippen molar-refractivity contribution in [2.24, 2.45) is 0 Å². The lowest BCUT2D eigenvalue weighted by atomic mass is 9.99. The normalized spacial score (nSPS) is 14.3. The van der Waals surface area contributed by atoms with Crippen molar-refractivity contribution in [3.63, 3.8) is 0 Å². The van der Waals surface area contributed by atoms with Gasteiger partial charge in [0.1, 0.15) is 0 Å². The molecule has 1 rings (SSSR count). The summed E-state index contributed by atoms with van der Waals surface area (Å²) in [7, 11) is 0. The molecule has 1 atom stereocenters. The van der Waals surface area contributed by atoms with Crippen molar-refractivity contribution >= 4 is 11.3 Å². The third-order valence-corrected chi connectivity index (χ3v) is 3.82. The van der Waals surface area contributed by atoms with Gasteiger partial charge in [0.2, 0.25) is 0 Å². The van der Waals surface area contributed by atoms with Crippen LogP contribution in [0.1, 0.15) is 36.3 Å². The lowest BCUT2D eigenvalue weighted by Crippen LogP contribution is -2.47. The predicted molar refractivity (Wildman–Crippen MR) is 64.2 cm³/mol. The lowest BCUT2D eigenvalue weighted by Gasteiger charge is -2.29. The van der Waals surface area contributed by atoms with Gasteiger partial charge in [-0.15, -0.1) is 11.3 Å². The molecular formula is C11H20N2OS. The van der Waals surface area contributed by atoms with Crippen molar-refractivity contribution in [3.8, 4) is 0 Å². The minimum absolute atomic E-state index is 0.260. The van der Waals surface area contributed by atoms with Crippen molar-refractivity contribution in [3.05, 3.63) is 15.6 Å². The highest BCUT2D eigenvalue weighted by molar-refractivity contribution is 7.11. The highest BCUT2D eigenvalue weighted by Crippen LogP contribution is 2.18. The number of aromatic nitrogens is 1. The Kier molecular flexibility index (Phi) is 3.87. The van der Waals surface area contributed by atoms with Crippen LogP contribution in [0.4, 0.5) is 0 Å². The largest absolute Gasteiger partial charge is 0.392 e. The average molecular weight is 228 g/mol. The maximum absolute atomic E-state index is 9.56. The topological polar surface area (TPSA) is 45.2 Å². The summed E-state index contributed by atoms with van der Waals surface area (Å²) < 4.78 is 0. The van der Waals surface area contributed by atoms with Crippen LogP contribution in [-0.2, 0) is 6.54 Å². The Morgan fingerprint density at radius 1 is 1.47 bits per heavy atom. The highest BCUT2D eigenvalue weighted by atomic mass is 32.1. The molecule has 0 bridgehead atoms. The molecule has 1 unspecified atom stereocenters. The first-order valence-corrected chi connectivity index (χ1v) is 6.00. The Morgan fingerprint density at radius 3 is 2.47 bits per heavy atom. The zero-order valence-electron chi connectivity index (χ0n) is 10.1. The maximum atomic E-state index is 9.56. The van der Waals surface area contributed by atoms with Gasteiger partial charge in [-0.2, -0.15) is 0 Å². The molecule has 1 aromatic rings. The summed E-state index contributed by atoms with van der Waals surface area (Å²) in [5, 5.41) is 14.0. The van der Waals surface area contributed by atoms with E-state index in [-0.39, 0.29) is 11.6 Å². The first-order valence-electron chi connectivity index (χ1n) is 5.19. The van der Waals surface area contributed by atoms with Crippen LogP contribution in [0, 0.1) is 13.8 Å². The first-order chi connectivity index (χ1) is 6.83. The molecule has 0 aliphatic rings. The van der Waals surface area contributed by atoms with E-state index in [1.807, 2.05) is 27.7 Å². The summed E-state index contributed by atoms with van der Waals surface area (Å²) in [5.74, 6) is 0. The molecule has 4 heteroatoms. The summed E-state index contributed by atoms with van der Waals surface area (Å²) in [6.07, 6.45) is -0.369. The Balaban J connectivity index is 2.61. The second-order valence-corrected chi connectivity index (χ2v) is 5.78. The van der Waals surface area contributed by atoms with E-state index in [9.17, 15) is 5.11 Å². The van der Waals surface area contributed by atoms with Crippen LogP contribution in [0.15, 0.2) is 0 Å². The molecular weight excluding hydrogens is 208 g/mol. The Morgan fingerprint density at radius 2 is 2.07 bits per heavy atom. The van der Waals surface area contributed by atoms with E-state index in [4.69, 9.17) is 0 Å². The van der Waals surface area contributed by atoms with Crippen molar-refractivity contribution < 1.29 is 5.11 Å². The van der Waals surface area contributed by atoms with Gasteiger partial charge >= 0.3 is 0 Å². The third-order valence-electron chi connectivity index (χ3n) is 2.75. The van der Waals surface area contributed by atoms with Gasteiger partial charge in [0.15, 0.2) is 0 Å². The van der Waals surface area contributed by atoms with Crippen LogP contribution in [-0.4, -0.2) is 21.7 Å². The zero-order valence-corrected chi connectivity index (χ0v) is 10.9. The molecule has 0 radical (unpaired) electrons. The Labute approximate surface area is 95.6 Å². The molecule has 0 aliphatic carbocycles. The summed E-state index contributed by atoms with van der Waals surface area (Å²) in [6, 6.07) is 0. The molecule has 3 nitrogen and oxygen atoms in total. The molecule has 1 aromatic heterocycles. The lowest BCUT2D eigenvalue weighted by molar-refractivity contribution is 0.0958. The summed E-state index contributed by atoms with van der Waals surface area (Å²) >= 11 is 1.71. The molecule has 0 amide bonds. The van der Waals surface area contributed by atoms with E-state index in [2.05, 4.69) is 10.3 Å². The molecule has 1 heterocycles. The van der Waals surface area contributed by atoms with Crippen molar-refractivity contribution in [1.82, 2.24) is 10.3 Å². The van der Waals surface area contributed by atoms with Crippen molar-refractivity contribution in [2.45, 2.75) is 52.8 Å². The number of nitrogens with one attached hydrogen (secondary N) is 1. The molecule has 0 aliphatic heterocycles. The summed E-state index contributed by atoms with van der Waals surface area (Å²) in [4.78, 5) is 5.62. The quantitative estimate of drug-likeness (QED) is 0.828. The minimum atomic E-state index is -0.369. The molecule has 0 spiro atoms. The second-order valence-electron chi connectivity index (χ2n) is 4.49. The van der Waals surface area contributed by atoms with E-state index < -0.39 is 0 Å². The number of hydrogen-bond acceptors (Lipinski definition) is 4. The maximum Gasteiger partial charge on any atom is 0.0900 e. The number of thiazole rings is 1. The van der Waals surface area contributed by atoms with Gasteiger partial charge in [0, 0.05) is 17.0 Å². The van der Waals surface area contributed by atoms with Crippen LogP contribution < -0.4 is 5.32 Å². The molecule has 15 heavy (non-hydrogen) atoms. The van der Waals surface area contributed by atoms with Gasteiger partial charge in [-0.3, -0.25) is 0 Å². The van der Waals surface area contributed by atoms with E-state index >= 15 is 0 Å². The molecule has 0 aromatic carbocycles. The molecule has 2 N–H and O–H groups in total. The van der Waals surface area contributed by atoms with Crippen LogP contribution >= 0.6 is 11.3 Å². The monoisotopic (exact) mass is 228 g/mol. The molecule has 0 saturated carbocycles. The zero-order chi connectivity index (χ0) is 11.6. The number of aliphatic hydroxyl groups excluding tert-OH is 1. The molecule has 86 valence electrons. The second kappa shape index (κ2) is 4.60. The highest BCUT2D eigenvalue weighted by Gasteiger charge is 2.23. The fourth-order valence-corrected chi connectivity index (χ4v) is 2.07. The van der Waals surface area contributed by atoms with E-state index in [0.717, 1.165) is 17.2 Å².